The molecular weight excluding hydrogens is 448 g/mol. The predicted octanol–water partition coefficient (Wildman–Crippen LogP) is 4.79. The molecule has 6 rings (SSSR count). The van der Waals surface area contributed by atoms with Crippen molar-refractivity contribution < 1.29 is 19.2 Å². The molecule has 4 aromatic rings. The number of nitrogens with zero attached hydrogens (tertiary/aromatic N) is 1. The Kier molecular flexibility index (Phi) is 4.60. The van der Waals surface area contributed by atoms with Crippen LogP contribution >= 0.6 is 11.8 Å². The minimum atomic E-state index is -0.398. The Morgan fingerprint density at radius 2 is 1.47 bits per heavy atom. The number of carbonyl (C=O) groups excluding carboxylic acids is 4. The summed E-state index contributed by atoms with van der Waals surface area (Å²) in [5.41, 5.74) is 4.35. The second-order valence-corrected chi connectivity index (χ2v) is 9.18. The number of ketones is 2. The maximum atomic E-state index is 13.1. The first-order valence-corrected chi connectivity index (χ1v) is 11.5. The lowest BCUT2D eigenvalue weighted by Crippen LogP contribution is -2.21. The minimum Gasteiger partial charge on any atom is -0.342 e. The molecule has 1 aromatic heterocycles. The number of hydrogen-bond acceptors (Lipinski definition) is 5. The van der Waals surface area contributed by atoms with Crippen molar-refractivity contribution in [1.82, 2.24) is 9.88 Å². The van der Waals surface area contributed by atoms with Crippen LogP contribution in [0, 0.1) is 0 Å². The molecule has 164 valence electrons. The highest BCUT2D eigenvalue weighted by Gasteiger charge is 2.29. The highest BCUT2D eigenvalue weighted by atomic mass is 32.2. The van der Waals surface area contributed by atoms with Crippen molar-refractivity contribution in [2.75, 3.05) is 0 Å². The molecule has 2 heterocycles. The maximum absolute atomic E-state index is 13.1. The van der Waals surface area contributed by atoms with Gasteiger partial charge in [0, 0.05) is 51.5 Å². The molecule has 6 nitrogen and oxygen atoms in total. The zero-order valence-electron chi connectivity index (χ0n) is 17.7. The average molecular weight is 465 g/mol. The lowest BCUT2D eigenvalue weighted by Gasteiger charge is -2.18. The van der Waals surface area contributed by atoms with Crippen LogP contribution in [0.5, 0.6) is 0 Å². The van der Waals surface area contributed by atoms with Crippen molar-refractivity contribution in [2.45, 2.75) is 6.54 Å². The summed E-state index contributed by atoms with van der Waals surface area (Å²) in [6.07, 6.45) is 3.64. The molecule has 1 aliphatic heterocycles. The Balaban J connectivity index is 1.40. The Morgan fingerprint density at radius 1 is 0.794 bits per heavy atom. The molecule has 0 spiro atoms. The van der Waals surface area contributed by atoms with Gasteiger partial charge in [0.25, 0.3) is 11.1 Å². The topological polar surface area (TPSA) is 85.2 Å². The average Bonchev–Trinajstić information content (AvgIpc) is 3.36. The lowest BCUT2D eigenvalue weighted by molar-refractivity contribution is -0.115. The number of nitrogens with one attached hydrogen (secondary N) is 1. The van der Waals surface area contributed by atoms with Crippen LogP contribution in [0.4, 0.5) is 4.79 Å². The molecule has 1 aliphatic carbocycles. The molecule has 0 unspecified atom stereocenters. The summed E-state index contributed by atoms with van der Waals surface area (Å²) in [5.74, 6) is -0.687. The SMILES string of the molecule is O=C1NC(=O)/C(=C/c2cn(Cc3ccc4c(c3)C(=O)c3ccccc3C4=O)c3ccccc23)S1. The van der Waals surface area contributed by atoms with E-state index in [0.717, 1.165) is 33.8 Å². The monoisotopic (exact) mass is 464 g/mol. The molecule has 2 amide bonds. The summed E-state index contributed by atoms with van der Waals surface area (Å²) in [6, 6.07) is 20.1. The van der Waals surface area contributed by atoms with Crippen LogP contribution in [0.25, 0.3) is 17.0 Å². The van der Waals surface area contributed by atoms with Crippen LogP contribution in [-0.4, -0.2) is 27.3 Å². The Labute approximate surface area is 198 Å². The third-order valence-corrected chi connectivity index (χ3v) is 6.90. The van der Waals surface area contributed by atoms with Crippen molar-refractivity contribution >= 4 is 51.5 Å². The van der Waals surface area contributed by atoms with Crippen LogP contribution in [0.3, 0.4) is 0 Å². The van der Waals surface area contributed by atoms with E-state index < -0.39 is 5.91 Å². The molecule has 0 bridgehead atoms. The van der Waals surface area contributed by atoms with E-state index in [1.54, 1.807) is 42.5 Å². The molecule has 34 heavy (non-hydrogen) atoms. The van der Waals surface area contributed by atoms with E-state index in [1.165, 1.54) is 0 Å². The molecule has 7 heteroatoms. The van der Waals surface area contributed by atoms with Gasteiger partial charge in [-0.3, -0.25) is 24.5 Å². The fraction of sp³-hybridized carbons (Fsp3) is 0.0370. The van der Waals surface area contributed by atoms with E-state index in [4.69, 9.17) is 0 Å². The van der Waals surface area contributed by atoms with Gasteiger partial charge in [-0.25, -0.2) is 0 Å². The smallest absolute Gasteiger partial charge is 0.290 e. The molecule has 0 radical (unpaired) electrons. The summed E-state index contributed by atoms with van der Waals surface area (Å²) < 4.78 is 2.03. The van der Waals surface area contributed by atoms with Crippen molar-refractivity contribution in [1.29, 1.82) is 0 Å². The molecule has 0 atom stereocenters. The van der Waals surface area contributed by atoms with Gasteiger partial charge in [-0.2, -0.15) is 0 Å². The fourth-order valence-electron chi connectivity index (χ4n) is 4.52. The molecule has 0 saturated carbocycles. The van der Waals surface area contributed by atoms with Crippen LogP contribution in [0.15, 0.2) is 77.8 Å². The number of thioether (sulfide) groups is 1. The van der Waals surface area contributed by atoms with Crippen LogP contribution < -0.4 is 5.32 Å². The highest BCUT2D eigenvalue weighted by molar-refractivity contribution is 8.18. The van der Waals surface area contributed by atoms with E-state index >= 15 is 0 Å². The van der Waals surface area contributed by atoms with E-state index in [9.17, 15) is 19.2 Å². The van der Waals surface area contributed by atoms with Gasteiger partial charge in [-0.1, -0.05) is 48.5 Å². The number of fused-ring (bicyclic) bond motifs is 3. The van der Waals surface area contributed by atoms with Crippen LogP contribution in [-0.2, 0) is 11.3 Å². The van der Waals surface area contributed by atoms with Crippen LogP contribution in [0.1, 0.15) is 43.0 Å². The minimum absolute atomic E-state index is 0.140. The van der Waals surface area contributed by atoms with Gasteiger partial charge >= 0.3 is 0 Å². The van der Waals surface area contributed by atoms with Crippen molar-refractivity contribution in [3.63, 3.8) is 0 Å². The fourth-order valence-corrected chi connectivity index (χ4v) is 5.20. The van der Waals surface area contributed by atoms with Gasteiger partial charge in [0.15, 0.2) is 11.6 Å². The quantitative estimate of drug-likeness (QED) is 0.388. The van der Waals surface area contributed by atoms with Crippen molar-refractivity contribution in [3.8, 4) is 0 Å². The number of rotatable bonds is 3. The first kappa shape index (κ1) is 20.4. The van der Waals surface area contributed by atoms with Crippen molar-refractivity contribution in [3.05, 3.63) is 111 Å². The predicted molar refractivity (Wildman–Crippen MR) is 130 cm³/mol. The first-order chi connectivity index (χ1) is 16.5. The lowest BCUT2D eigenvalue weighted by atomic mass is 9.83. The summed E-state index contributed by atoms with van der Waals surface area (Å²) in [4.78, 5) is 49.9. The largest absolute Gasteiger partial charge is 0.342 e. The van der Waals surface area contributed by atoms with Crippen molar-refractivity contribution in [2.24, 2.45) is 0 Å². The zero-order valence-corrected chi connectivity index (χ0v) is 18.5. The number of hydrogen-bond donors (Lipinski definition) is 1. The van der Waals surface area contributed by atoms with Gasteiger partial charge in [0.1, 0.15) is 0 Å². The number of imide groups is 1. The number of para-hydroxylation sites is 1. The van der Waals surface area contributed by atoms with Gasteiger partial charge in [0.2, 0.25) is 0 Å². The molecule has 1 fully saturated rings. The van der Waals surface area contributed by atoms with E-state index in [2.05, 4.69) is 5.32 Å². The Bertz CT molecular complexity index is 1610. The maximum Gasteiger partial charge on any atom is 0.290 e. The highest BCUT2D eigenvalue weighted by Crippen LogP contribution is 2.31. The normalized spacial score (nSPS) is 16.2. The standard InChI is InChI=1S/C27H16N2O4S/c30-24-18-6-1-2-7-19(18)25(31)21-11-15(9-10-20(21)24)13-29-14-16(17-5-3-4-8-22(17)29)12-23-26(32)28-27(33)34-23/h1-12,14H,13H2,(H,28,32,33)/b23-12-. The summed E-state index contributed by atoms with van der Waals surface area (Å²) in [7, 11) is 0. The van der Waals surface area contributed by atoms with Gasteiger partial charge in [-0.05, 0) is 41.6 Å². The summed E-state index contributed by atoms with van der Waals surface area (Å²) in [6.45, 7) is 0.471. The summed E-state index contributed by atoms with van der Waals surface area (Å²) in [5, 5.41) is 2.84. The van der Waals surface area contributed by atoms with E-state index in [-0.39, 0.29) is 16.8 Å². The third kappa shape index (κ3) is 3.21. The second kappa shape index (κ2) is 7.67. The molecule has 2 aliphatic rings. The molecule has 1 N–H and O–H groups in total. The second-order valence-electron chi connectivity index (χ2n) is 8.17. The molecule has 3 aromatic carbocycles. The van der Waals surface area contributed by atoms with E-state index in [1.807, 2.05) is 41.1 Å². The molecular formula is C27H16N2O4S. The van der Waals surface area contributed by atoms with Gasteiger partial charge in [-0.15, -0.1) is 0 Å². The van der Waals surface area contributed by atoms with Crippen LogP contribution in [0.2, 0.25) is 0 Å². The number of aromatic nitrogens is 1. The van der Waals surface area contributed by atoms with Gasteiger partial charge < -0.3 is 4.57 Å². The first-order valence-electron chi connectivity index (χ1n) is 10.6. The number of benzene rings is 3. The Hall–Kier alpha value is -4.23. The zero-order chi connectivity index (χ0) is 23.4. The Morgan fingerprint density at radius 3 is 2.21 bits per heavy atom. The van der Waals surface area contributed by atoms with Gasteiger partial charge in [0.05, 0.1) is 4.91 Å². The third-order valence-electron chi connectivity index (χ3n) is 6.09. The summed E-state index contributed by atoms with van der Waals surface area (Å²) >= 11 is 0.883. The van der Waals surface area contributed by atoms with E-state index in [0.29, 0.717) is 33.7 Å². The number of carbonyl (C=O) groups is 4. The molecule has 1 saturated heterocycles. The number of amides is 2.